The van der Waals surface area contributed by atoms with E-state index in [0.717, 1.165) is 0 Å². The number of hydrogen-bond donors (Lipinski definition) is 6. The molecule has 1 atom stereocenters. The molecule has 1 amide bonds. The Morgan fingerprint density at radius 2 is 1.71 bits per heavy atom. The molecule has 0 aliphatic rings. The summed E-state index contributed by atoms with van der Waals surface area (Å²) in [5.74, 6) is -1.97. The van der Waals surface area contributed by atoms with Gasteiger partial charge >= 0.3 is 5.97 Å². The highest BCUT2D eigenvalue weighted by atomic mass is 32.2. The van der Waals surface area contributed by atoms with Gasteiger partial charge in [-0.05, 0) is 31.0 Å². The van der Waals surface area contributed by atoms with Crippen LogP contribution in [0.4, 0.5) is 5.69 Å². The molecule has 0 heterocycles. The van der Waals surface area contributed by atoms with Gasteiger partial charge in [0.2, 0.25) is 15.9 Å². The molecule has 2 aromatic carbocycles. The second-order valence-electron chi connectivity index (χ2n) is 7.71. The van der Waals surface area contributed by atoms with E-state index < -0.39 is 22.0 Å². The molecule has 0 aromatic heterocycles. The number of anilines is 1. The fraction of sp³-hybridized carbons (Fsp3) is 0.304. The van der Waals surface area contributed by atoms with Gasteiger partial charge < -0.3 is 21.5 Å². The maximum atomic E-state index is 12.7. The summed E-state index contributed by atoms with van der Waals surface area (Å²) in [4.78, 5) is 35.6. The van der Waals surface area contributed by atoms with E-state index >= 15 is 0 Å². The lowest BCUT2D eigenvalue weighted by molar-refractivity contribution is -0.138. The quantitative estimate of drug-likeness (QED) is 0.101. The average Bonchev–Trinajstić information content (AvgIpc) is 2.81. The number of amides is 1. The zero-order chi connectivity index (χ0) is 26.2. The molecule has 188 valence electrons. The number of nitrogens with two attached hydrogens (primary N) is 1. The zero-order valence-corrected chi connectivity index (χ0v) is 20.2. The SMILES string of the molecule is CCc1c(NC(=O)CCNCC(=O)c2ccc(C(=N)N)cc2)cccc1S(=O)(=O)N[C@@H](C)C(=O)O. The molecule has 7 N–H and O–H groups in total. The first-order valence-electron chi connectivity index (χ1n) is 10.8. The van der Waals surface area contributed by atoms with Crippen LogP contribution in [-0.2, 0) is 26.0 Å². The second kappa shape index (κ2) is 12.2. The van der Waals surface area contributed by atoms with E-state index in [1.807, 2.05) is 0 Å². The number of amidine groups is 1. The number of nitrogens with one attached hydrogen (secondary N) is 4. The number of benzene rings is 2. The van der Waals surface area contributed by atoms with Gasteiger partial charge in [0.25, 0.3) is 0 Å². The highest BCUT2D eigenvalue weighted by Gasteiger charge is 2.25. The molecule has 0 aliphatic carbocycles. The van der Waals surface area contributed by atoms with Gasteiger partial charge in [-0.25, -0.2) is 8.42 Å². The number of carbonyl (C=O) groups is 3. The number of hydrogen-bond acceptors (Lipinski definition) is 7. The Morgan fingerprint density at radius 3 is 2.29 bits per heavy atom. The Morgan fingerprint density at radius 1 is 1.09 bits per heavy atom. The second-order valence-corrected chi connectivity index (χ2v) is 9.39. The summed E-state index contributed by atoms with van der Waals surface area (Å²) in [6.07, 6.45) is 0.314. The first kappa shape index (κ1) is 27.6. The number of nitrogen functional groups attached to an aromatic ring is 1. The lowest BCUT2D eigenvalue weighted by Crippen LogP contribution is -2.38. The third-order valence-corrected chi connectivity index (χ3v) is 6.71. The molecule has 0 saturated heterocycles. The largest absolute Gasteiger partial charge is 0.480 e. The monoisotopic (exact) mass is 503 g/mol. The minimum atomic E-state index is -4.12. The van der Waals surface area contributed by atoms with E-state index in [9.17, 15) is 22.8 Å². The van der Waals surface area contributed by atoms with Crippen molar-refractivity contribution in [2.75, 3.05) is 18.4 Å². The van der Waals surface area contributed by atoms with Crippen molar-refractivity contribution < 1.29 is 27.9 Å². The van der Waals surface area contributed by atoms with E-state index in [-0.39, 0.29) is 48.4 Å². The Kier molecular flexibility index (Phi) is 9.63. The van der Waals surface area contributed by atoms with Gasteiger partial charge in [-0.2, -0.15) is 4.72 Å². The van der Waals surface area contributed by atoms with Crippen molar-refractivity contribution in [3.63, 3.8) is 0 Å². The Hall–Kier alpha value is -3.61. The summed E-state index contributed by atoms with van der Waals surface area (Å²) in [5, 5.41) is 21.9. The normalized spacial score (nSPS) is 12.1. The smallest absolute Gasteiger partial charge is 0.321 e. The van der Waals surface area contributed by atoms with E-state index in [0.29, 0.717) is 22.4 Å². The van der Waals surface area contributed by atoms with E-state index in [4.69, 9.17) is 16.2 Å². The third kappa shape index (κ3) is 7.70. The van der Waals surface area contributed by atoms with Crippen LogP contribution in [0.3, 0.4) is 0 Å². The zero-order valence-electron chi connectivity index (χ0n) is 19.4. The first-order valence-corrected chi connectivity index (χ1v) is 12.3. The van der Waals surface area contributed by atoms with Crippen LogP contribution >= 0.6 is 0 Å². The Bertz CT molecular complexity index is 1210. The molecule has 35 heavy (non-hydrogen) atoms. The summed E-state index contributed by atoms with van der Waals surface area (Å²) >= 11 is 0. The summed E-state index contributed by atoms with van der Waals surface area (Å²) in [6, 6.07) is 9.38. The molecule has 12 heteroatoms. The predicted molar refractivity (Wildman–Crippen MR) is 131 cm³/mol. The van der Waals surface area contributed by atoms with Crippen LogP contribution in [-0.4, -0.2) is 56.2 Å². The summed E-state index contributed by atoms with van der Waals surface area (Å²) in [7, 11) is -4.12. The van der Waals surface area contributed by atoms with Gasteiger partial charge in [-0.15, -0.1) is 0 Å². The fourth-order valence-corrected chi connectivity index (χ4v) is 4.73. The number of Topliss-reactive ketones (excluding diaryl/α,β-unsaturated/α-hetero) is 1. The molecule has 2 aromatic rings. The van der Waals surface area contributed by atoms with E-state index in [1.165, 1.54) is 19.1 Å². The van der Waals surface area contributed by atoms with Crippen LogP contribution in [0.2, 0.25) is 0 Å². The van der Waals surface area contributed by atoms with Crippen LogP contribution in [0, 0.1) is 5.41 Å². The highest BCUT2D eigenvalue weighted by Crippen LogP contribution is 2.25. The fourth-order valence-electron chi connectivity index (χ4n) is 3.20. The molecule has 0 fully saturated rings. The standard InChI is InChI=1S/C23H29N5O6S/c1-3-17-18(5-4-6-20(17)35(33,34)28-14(2)23(31)32)27-21(30)11-12-26-13-19(29)15-7-9-16(10-8-15)22(24)25/h4-10,14,26,28H,3,11-13H2,1-2H3,(H3,24,25)(H,27,30)(H,31,32)/t14-/m0/s1. The number of ketones is 1. The Labute approximate surface area is 203 Å². The number of carboxylic acids is 1. The van der Waals surface area contributed by atoms with Crippen LogP contribution < -0.4 is 21.1 Å². The number of sulfonamides is 1. The van der Waals surface area contributed by atoms with Gasteiger partial charge in [0.1, 0.15) is 11.9 Å². The molecule has 2 rings (SSSR count). The van der Waals surface area contributed by atoms with Gasteiger partial charge in [-0.3, -0.25) is 19.8 Å². The number of rotatable bonds is 13. The number of aliphatic carboxylic acids is 1. The lowest BCUT2D eigenvalue weighted by Gasteiger charge is -2.16. The van der Waals surface area contributed by atoms with Gasteiger partial charge in [0, 0.05) is 29.8 Å². The van der Waals surface area contributed by atoms with Gasteiger partial charge in [-0.1, -0.05) is 37.3 Å². The van der Waals surface area contributed by atoms with Gasteiger partial charge in [0.05, 0.1) is 11.4 Å². The van der Waals surface area contributed by atoms with Crippen molar-refractivity contribution in [3.8, 4) is 0 Å². The molecule has 0 radical (unpaired) electrons. The lowest BCUT2D eigenvalue weighted by atomic mass is 10.1. The molecule has 0 unspecified atom stereocenters. The third-order valence-electron chi connectivity index (χ3n) is 5.08. The molecule has 11 nitrogen and oxygen atoms in total. The molecule has 0 bridgehead atoms. The van der Waals surface area contributed by atoms with Crippen LogP contribution in [0.5, 0.6) is 0 Å². The summed E-state index contributed by atoms with van der Waals surface area (Å²) in [5.41, 5.74) is 7.02. The number of carbonyl (C=O) groups excluding carboxylic acids is 2. The van der Waals surface area contributed by atoms with Crippen LogP contribution in [0.15, 0.2) is 47.4 Å². The molecule has 0 saturated carbocycles. The molecular weight excluding hydrogens is 474 g/mol. The molecule has 0 spiro atoms. The summed E-state index contributed by atoms with van der Waals surface area (Å²) in [6.45, 7) is 3.16. The average molecular weight is 504 g/mol. The van der Waals surface area contributed by atoms with Crippen LogP contribution in [0.1, 0.15) is 41.8 Å². The number of carboxylic acid groups (broad SMARTS) is 1. The summed E-state index contributed by atoms with van der Waals surface area (Å²) < 4.78 is 27.4. The van der Waals surface area contributed by atoms with Crippen LogP contribution in [0.25, 0.3) is 0 Å². The maximum Gasteiger partial charge on any atom is 0.321 e. The molecular formula is C23H29N5O6S. The topological polar surface area (TPSA) is 192 Å². The molecule has 0 aliphatic heterocycles. The van der Waals surface area contributed by atoms with Crippen molar-refractivity contribution in [2.24, 2.45) is 5.73 Å². The Balaban J connectivity index is 1.95. The van der Waals surface area contributed by atoms with Crippen molar-refractivity contribution >= 4 is 39.2 Å². The minimum Gasteiger partial charge on any atom is -0.480 e. The minimum absolute atomic E-state index is 0.00800. The predicted octanol–water partition coefficient (Wildman–Crippen LogP) is 1.09. The van der Waals surface area contributed by atoms with Crippen molar-refractivity contribution in [1.82, 2.24) is 10.0 Å². The van der Waals surface area contributed by atoms with Gasteiger partial charge in [0.15, 0.2) is 5.78 Å². The van der Waals surface area contributed by atoms with Crippen molar-refractivity contribution in [2.45, 2.75) is 37.6 Å². The first-order chi connectivity index (χ1) is 16.5. The van der Waals surface area contributed by atoms with Crippen molar-refractivity contribution in [3.05, 3.63) is 59.2 Å². The van der Waals surface area contributed by atoms with E-state index in [2.05, 4.69) is 15.4 Å². The maximum absolute atomic E-state index is 12.7. The van der Waals surface area contributed by atoms with E-state index in [1.54, 1.807) is 37.3 Å². The van der Waals surface area contributed by atoms with Crippen molar-refractivity contribution in [1.29, 1.82) is 5.41 Å². The highest BCUT2D eigenvalue weighted by molar-refractivity contribution is 7.89.